The summed E-state index contributed by atoms with van der Waals surface area (Å²) in [6, 6.07) is 0. The molecule has 2 rings (SSSR count). The van der Waals surface area contributed by atoms with Gasteiger partial charge in [-0.2, -0.15) is 0 Å². The Bertz CT molecular complexity index is 185. The zero-order valence-electron chi connectivity index (χ0n) is 7.34. The summed E-state index contributed by atoms with van der Waals surface area (Å²) in [4.78, 5) is 0. The molecule has 1 fully saturated rings. The molecule has 2 aliphatic carbocycles. The maximum Gasteiger partial charge on any atom is 0.0713 e. The standard InChI is InChI=1S/C10H16O/c1-10(11-2)6-5-8-3-4-9(10)7-8/h3-4,8-9H,5-7H2,1-2H3/t8-,9-,10-/m0/s1. The van der Waals surface area contributed by atoms with E-state index in [0.717, 1.165) is 5.92 Å². The summed E-state index contributed by atoms with van der Waals surface area (Å²) in [6.07, 6.45) is 8.59. The van der Waals surface area contributed by atoms with E-state index in [2.05, 4.69) is 19.1 Å². The fourth-order valence-corrected chi connectivity index (χ4v) is 2.35. The van der Waals surface area contributed by atoms with Gasteiger partial charge in [-0.05, 0) is 32.1 Å². The Morgan fingerprint density at radius 2 is 2.27 bits per heavy atom. The average molecular weight is 152 g/mol. The fraction of sp³-hybridized carbons (Fsp3) is 0.800. The minimum absolute atomic E-state index is 0.142. The van der Waals surface area contributed by atoms with Crippen molar-refractivity contribution in [3.05, 3.63) is 12.2 Å². The van der Waals surface area contributed by atoms with Gasteiger partial charge in [0.15, 0.2) is 0 Å². The third kappa shape index (κ3) is 1.02. The topological polar surface area (TPSA) is 9.23 Å². The molecule has 2 aliphatic rings. The minimum atomic E-state index is 0.142. The highest BCUT2D eigenvalue weighted by Gasteiger charge is 2.40. The molecule has 0 heterocycles. The van der Waals surface area contributed by atoms with Gasteiger partial charge in [0.25, 0.3) is 0 Å². The lowest BCUT2D eigenvalue weighted by atomic mass is 9.76. The Morgan fingerprint density at radius 3 is 3.00 bits per heavy atom. The highest BCUT2D eigenvalue weighted by molar-refractivity contribution is 5.11. The van der Waals surface area contributed by atoms with E-state index < -0.39 is 0 Å². The van der Waals surface area contributed by atoms with E-state index >= 15 is 0 Å². The van der Waals surface area contributed by atoms with Crippen molar-refractivity contribution in [2.45, 2.75) is 31.8 Å². The number of allylic oxidation sites excluding steroid dienone is 1. The van der Waals surface area contributed by atoms with E-state index in [4.69, 9.17) is 4.74 Å². The third-order valence-electron chi connectivity index (χ3n) is 3.43. The maximum atomic E-state index is 5.56. The van der Waals surface area contributed by atoms with E-state index in [1.807, 2.05) is 7.11 Å². The normalized spacial score (nSPS) is 48.2. The SMILES string of the molecule is CO[C@@]1(C)CC[C@@H]2C=C[C@H]1C2. The molecule has 0 aromatic heterocycles. The molecule has 3 atom stereocenters. The van der Waals surface area contributed by atoms with E-state index in [1.54, 1.807) is 0 Å². The van der Waals surface area contributed by atoms with Crippen molar-refractivity contribution < 1.29 is 4.74 Å². The van der Waals surface area contributed by atoms with Crippen LogP contribution in [0.5, 0.6) is 0 Å². The van der Waals surface area contributed by atoms with E-state index in [0.29, 0.717) is 5.92 Å². The molecule has 0 N–H and O–H groups in total. The number of fused-ring (bicyclic) bond motifs is 2. The molecule has 0 aromatic rings. The van der Waals surface area contributed by atoms with Gasteiger partial charge in [0.2, 0.25) is 0 Å². The molecule has 0 amide bonds. The molecule has 0 aromatic carbocycles. The molecular formula is C10H16O. The Morgan fingerprint density at radius 1 is 1.45 bits per heavy atom. The quantitative estimate of drug-likeness (QED) is 0.524. The van der Waals surface area contributed by atoms with Gasteiger partial charge in [0, 0.05) is 13.0 Å². The van der Waals surface area contributed by atoms with Crippen LogP contribution in [0.2, 0.25) is 0 Å². The largest absolute Gasteiger partial charge is 0.378 e. The second-order valence-corrected chi connectivity index (χ2v) is 4.04. The van der Waals surface area contributed by atoms with Gasteiger partial charge in [0.05, 0.1) is 5.60 Å². The number of hydrogen-bond acceptors (Lipinski definition) is 1. The third-order valence-corrected chi connectivity index (χ3v) is 3.43. The Labute approximate surface area is 68.4 Å². The highest BCUT2D eigenvalue weighted by atomic mass is 16.5. The Balaban J connectivity index is 2.18. The zero-order valence-corrected chi connectivity index (χ0v) is 7.34. The molecule has 0 spiro atoms. The summed E-state index contributed by atoms with van der Waals surface area (Å²) in [5.41, 5.74) is 0.142. The maximum absolute atomic E-state index is 5.56. The van der Waals surface area contributed by atoms with Crippen molar-refractivity contribution in [1.82, 2.24) is 0 Å². The summed E-state index contributed by atoms with van der Waals surface area (Å²) in [5, 5.41) is 0. The van der Waals surface area contributed by atoms with Gasteiger partial charge >= 0.3 is 0 Å². The molecular weight excluding hydrogens is 136 g/mol. The number of rotatable bonds is 1. The van der Waals surface area contributed by atoms with Crippen LogP contribution in [0.15, 0.2) is 12.2 Å². The smallest absolute Gasteiger partial charge is 0.0713 e. The van der Waals surface area contributed by atoms with Gasteiger partial charge in [-0.3, -0.25) is 0 Å². The van der Waals surface area contributed by atoms with E-state index in [-0.39, 0.29) is 5.60 Å². The molecule has 0 aliphatic heterocycles. The molecule has 1 nitrogen and oxygen atoms in total. The predicted octanol–water partition coefficient (Wildman–Crippen LogP) is 2.38. The first kappa shape index (κ1) is 7.35. The molecule has 1 heteroatoms. The van der Waals surface area contributed by atoms with Gasteiger partial charge < -0.3 is 4.74 Å². The van der Waals surface area contributed by atoms with Crippen LogP contribution in [-0.4, -0.2) is 12.7 Å². The lowest BCUT2D eigenvalue weighted by Gasteiger charge is -2.38. The average Bonchev–Trinajstić information content (AvgIpc) is 2.44. The Hall–Kier alpha value is -0.300. The van der Waals surface area contributed by atoms with Crippen LogP contribution >= 0.6 is 0 Å². The van der Waals surface area contributed by atoms with E-state index in [9.17, 15) is 0 Å². The monoisotopic (exact) mass is 152 g/mol. The van der Waals surface area contributed by atoms with Crippen LogP contribution in [0.25, 0.3) is 0 Å². The van der Waals surface area contributed by atoms with Crippen molar-refractivity contribution >= 4 is 0 Å². The highest BCUT2D eigenvalue weighted by Crippen LogP contribution is 2.44. The molecule has 0 saturated heterocycles. The summed E-state index contributed by atoms with van der Waals surface area (Å²) < 4.78 is 5.56. The second kappa shape index (κ2) is 2.34. The van der Waals surface area contributed by atoms with Gasteiger partial charge in [-0.1, -0.05) is 12.2 Å². The molecule has 11 heavy (non-hydrogen) atoms. The summed E-state index contributed by atoms with van der Waals surface area (Å²) >= 11 is 0. The second-order valence-electron chi connectivity index (χ2n) is 4.04. The first-order chi connectivity index (χ1) is 5.24. The summed E-state index contributed by atoms with van der Waals surface area (Å²) in [7, 11) is 1.84. The van der Waals surface area contributed by atoms with Crippen LogP contribution < -0.4 is 0 Å². The van der Waals surface area contributed by atoms with Crippen LogP contribution in [-0.2, 0) is 4.74 Å². The molecule has 0 radical (unpaired) electrons. The van der Waals surface area contributed by atoms with Gasteiger partial charge in [-0.25, -0.2) is 0 Å². The number of hydrogen-bond donors (Lipinski definition) is 0. The molecule has 62 valence electrons. The zero-order chi connectivity index (χ0) is 7.90. The fourth-order valence-electron chi connectivity index (χ4n) is 2.35. The van der Waals surface area contributed by atoms with Crippen molar-refractivity contribution in [3.63, 3.8) is 0 Å². The van der Waals surface area contributed by atoms with Crippen molar-refractivity contribution in [3.8, 4) is 0 Å². The van der Waals surface area contributed by atoms with Crippen LogP contribution in [0.4, 0.5) is 0 Å². The predicted molar refractivity (Wildman–Crippen MR) is 45.4 cm³/mol. The first-order valence-corrected chi connectivity index (χ1v) is 4.48. The lowest BCUT2D eigenvalue weighted by molar-refractivity contribution is -0.0538. The molecule has 1 saturated carbocycles. The minimum Gasteiger partial charge on any atom is -0.378 e. The Kier molecular flexibility index (Phi) is 1.57. The van der Waals surface area contributed by atoms with E-state index in [1.165, 1.54) is 19.3 Å². The number of methoxy groups -OCH3 is 1. The van der Waals surface area contributed by atoms with Gasteiger partial charge in [-0.15, -0.1) is 0 Å². The molecule has 2 bridgehead atoms. The van der Waals surface area contributed by atoms with Crippen LogP contribution in [0.3, 0.4) is 0 Å². The van der Waals surface area contributed by atoms with Crippen molar-refractivity contribution in [1.29, 1.82) is 0 Å². The van der Waals surface area contributed by atoms with Gasteiger partial charge in [0.1, 0.15) is 0 Å². The molecule has 0 unspecified atom stereocenters. The summed E-state index contributed by atoms with van der Waals surface area (Å²) in [6.45, 7) is 2.24. The number of ether oxygens (including phenoxy) is 1. The first-order valence-electron chi connectivity index (χ1n) is 4.48. The van der Waals surface area contributed by atoms with Crippen LogP contribution in [0, 0.1) is 11.8 Å². The summed E-state index contributed by atoms with van der Waals surface area (Å²) in [5.74, 6) is 1.55. The lowest BCUT2D eigenvalue weighted by Crippen LogP contribution is -2.38. The van der Waals surface area contributed by atoms with Crippen molar-refractivity contribution in [2.75, 3.05) is 7.11 Å². The van der Waals surface area contributed by atoms with Crippen molar-refractivity contribution in [2.24, 2.45) is 11.8 Å². The van der Waals surface area contributed by atoms with Crippen LogP contribution in [0.1, 0.15) is 26.2 Å².